The molecule has 1 N–H and O–H groups in total. The maximum absolute atomic E-state index is 12.7. The zero-order chi connectivity index (χ0) is 18.8. The van der Waals surface area contributed by atoms with Crippen molar-refractivity contribution in [1.82, 2.24) is 19.4 Å². The lowest BCUT2D eigenvalue weighted by Crippen LogP contribution is -2.51. The first-order chi connectivity index (χ1) is 12.3. The zero-order valence-electron chi connectivity index (χ0n) is 16.2. The van der Waals surface area contributed by atoms with E-state index >= 15 is 0 Å². The zero-order valence-corrected chi connectivity index (χ0v) is 17.1. The van der Waals surface area contributed by atoms with E-state index < -0.39 is 10.0 Å². The first-order valence-corrected chi connectivity index (χ1v) is 11.7. The predicted molar refractivity (Wildman–Crippen MR) is 103 cm³/mol. The van der Waals surface area contributed by atoms with Crippen LogP contribution in [0.25, 0.3) is 0 Å². The molecule has 8 heteroatoms. The van der Waals surface area contributed by atoms with Gasteiger partial charge in [0.1, 0.15) is 0 Å². The number of piperidine rings is 2. The Morgan fingerprint density at radius 2 is 1.85 bits per heavy atom. The molecule has 1 unspecified atom stereocenters. The van der Waals surface area contributed by atoms with Gasteiger partial charge in [-0.3, -0.25) is 0 Å². The molecule has 26 heavy (non-hydrogen) atoms. The summed E-state index contributed by atoms with van der Waals surface area (Å²) in [4.78, 5) is 17.0. The molecule has 3 rings (SSSR count). The molecule has 7 nitrogen and oxygen atoms in total. The van der Waals surface area contributed by atoms with Crippen LogP contribution >= 0.6 is 0 Å². The summed E-state index contributed by atoms with van der Waals surface area (Å²) >= 11 is 0. The Bertz CT molecular complexity index is 604. The Morgan fingerprint density at radius 3 is 2.50 bits per heavy atom. The summed E-state index contributed by atoms with van der Waals surface area (Å²) in [7, 11) is -0.949. The Kier molecular flexibility index (Phi) is 6.14. The van der Waals surface area contributed by atoms with Crippen LogP contribution < -0.4 is 5.32 Å². The highest BCUT2D eigenvalue weighted by atomic mass is 32.2. The van der Waals surface area contributed by atoms with Crippen LogP contribution in [0.5, 0.6) is 0 Å². The standard InChI is InChI=1S/C18H34N4O3S/c1-3-13-26(24,25)22-10-5-16(6-11-22)19-17(23)21-12-8-18(15-21)7-4-9-20(2)14-18/h16H,3-15H2,1-2H3,(H,19,23). The number of carbonyl (C=O) groups excluding carboxylic acids is 1. The van der Waals surface area contributed by atoms with Gasteiger partial charge in [-0.15, -0.1) is 0 Å². The molecule has 0 aliphatic carbocycles. The van der Waals surface area contributed by atoms with Gasteiger partial charge in [0.05, 0.1) is 5.75 Å². The average molecular weight is 387 g/mol. The number of hydrogen-bond donors (Lipinski definition) is 1. The molecule has 3 aliphatic rings. The second-order valence-electron chi connectivity index (χ2n) is 8.45. The monoisotopic (exact) mass is 386 g/mol. The van der Waals surface area contributed by atoms with Gasteiger partial charge in [0.2, 0.25) is 10.0 Å². The van der Waals surface area contributed by atoms with Gasteiger partial charge in [0, 0.05) is 44.2 Å². The van der Waals surface area contributed by atoms with Gasteiger partial charge in [-0.1, -0.05) is 6.92 Å². The van der Waals surface area contributed by atoms with Crippen LogP contribution in [0.3, 0.4) is 0 Å². The van der Waals surface area contributed by atoms with E-state index in [4.69, 9.17) is 0 Å². The van der Waals surface area contributed by atoms with Crippen LogP contribution in [0.4, 0.5) is 4.79 Å². The smallest absolute Gasteiger partial charge is 0.317 e. The molecule has 3 fully saturated rings. The largest absolute Gasteiger partial charge is 0.335 e. The van der Waals surface area contributed by atoms with Crippen LogP contribution in [0, 0.1) is 5.41 Å². The van der Waals surface area contributed by atoms with E-state index in [2.05, 4.69) is 17.3 Å². The lowest BCUT2D eigenvalue weighted by molar-refractivity contribution is 0.115. The fourth-order valence-electron chi connectivity index (χ4n) is 4.83. The summed E-state index contributed by atoms with van der Waals surface area (Å²) in [6.07, 6.45) is 5.58. The van der Waals surface area contributed by atoms with Crippen LogP contribution in [0.1, 0.15) is 45.4 Å². The van der Waals surface area contributed by atoms with Crippen LogP contribution in [0.15, 0.2) is 0 Å². The van der Waals surface area contributed by atoms with E-state index in [1.807, 2.05) is 11.8 Å². The molecule has 1 spiro atoms. The van der Waals surface area contributed by atoms with Crippen molar-refractivity contribution in [3.63, 3.8) is 0 Å². The van der Waals surface area contributed by atoms with Gasteiger partial charge < -0.3 is 15.1 Å². The lowest BCUT2D eigenvalue weighted by Gasteiger charge is -2.38. The van der Waals surface area contributed by atoms with Crippen molar-refractivity contribution >= 4 is 16.1 Å². The van der Waals surface area contributed by atoms with Crippen molar-refractivity contribution in [1.29, 1.82) is 0 Å². The maximum atomic E-state index is 12.7. The molecule has 2 amide bonds. The summed E-state index contributed by atoms with van der Waals surface area (Å²) in [5, 5.41) is 3.15. The topological polar surface area (TPSA) is 73.0 Å². The molecule has 0 bridgehead atoms. The van der Waals surface area contributed by atoms with Crippen molar-refractivity contribution in [2.45, 2.75) is 51.5 Å². The number of hydrogen-bond acceptors (Lipinski definition) is 4. The van der Waals surface area contributed by atoms with Crippen LogP contribution in [-0.4, -0.2) is 86.7 Å². The van der Waals surface area contributed by atoms with Gasteiger partial charge in [-0.25, -0.2) is 17.5 Å². The molecule has 3 heterocycles. The second kappa shape index (κ2) is 8.02. The van der Waals surface area contributed by atoms with Gasteiger partial charge in [0.25, 0.3) is 0 Å². The van der Waals surface area contributed by atoms with E-state index in [1.165, 1.54) is 12.8 Å². The molecular weight excluding hydrogens is 352 g/mol. The van der Waals surface area contributed by atoms with E-state index in [0.717, 1.165) is 32.6 Å². The molecule has 1 atom stereocenters. The number of likely N-dealkylation sites (tertiary alicyclic amines) is 2. The highest BCUT2D eigenvalue weighted by Crippen LogP contribution is 2.38. The molecule has 0 aromatic rings. The predicted octanol–water partition coefficient (Wildman–Crippen LogP) is 1.32. The first-order valence-electron chi connectivity index (χ1n) is 10.1. The van der Waals surface area contributed by atoms with E-state index in [-0.39, 0.29) is 23.2 Å². The molecular formula is C18H34N4O3S. The van der Waals surface area contributed by atoms with E-state index in [1.54, 1.807) is 4.31 Å². The van der Waals surface area contributed by atoms with Crippen molar-refractivity contribution in [2.24, 2.45) is 5.41 Å². The van der Waals surface area contributed by atoms with Crippen molar-refractivity contribution in [3.8, 4) is 0 Å². The van der Waals surface area contributed by atoms with Gasteiger partial charge in [-0.05, 0) is 52.1 Å². The quantitative estimate of drug-likeness (QED) is 0.791. The summed E-state index contributed by atoms with van der Waals surface area (Å²) in [6, 6.07) is 0.117. The highest BCUT2D eigenvalue weighted by Gasteiger charge is 2.42. The number of amides is 2. The number of rotatable bonds is 4. The van der Waals surface area contributed by atoms with Crippen molar-refractivity contribution in [3.05, 3.63) is 0 Å². The Balaban J connectivity index is 1.46. The van der Waals surface area contributed by atoms with Gasteiger partial charge >= 0.3 is 6.03 Å². The molecule has 150 valence electrons. The normalized spacial score (nSPS) is 29.4. The Hall–Kier alpha value is -0.860. The van der Waals surface area contributed by atoms with Crippen LogP contribution in [-0.2, 0) is 10.0 Å². The summed E-state index contributed by atoms with van der Waals surface area (Å²) in [6.45, 7) is 6.86. The lowest BCUT2D eigenvalue weighted by atomic mass is 9.79. The fraction of sp³-hybridized carbons (Fsp3) is 0.944. The molecule has 0 radical (unpaired) electrons. The number of urea groups is 1. The minimum atomic E-state index is -3.12. The fourth-order valence-corrected chi connectivity index (χ4v) is 6.37. The van der Waals surface area contributed by atoms with E-state index in [9.17, 15) is 13.2 Å². The molecule has 3 aliphatic heterocycles. The molecule has 0 aromatic heterocycles. The summed E-state index contributed by atoms with van der Waals surface area (Å²) in [5.41, 5.74) is 0.280. The SMILES string of the molecule is CCCS(=O)(=O)N1CCC(NC(=O)N2CCC3(CCCN(C)C3)C2)CC1. The van der Waals surface area contributed by atoms with Gasteiger partial charge in [0.15, 0.2) is 0 Å². The van der Waals surface area contributed by atoms with Crippen molar-refractivity contribution in [2.75, 3.05) is 52.1 Å². The Morgan fingerprint density at radius 1 is 1.12 bits per heavy atom. The number of sulfonamides is 1. The third-order valence-electron chi connectivity index (χ3n) is 6.21. The second-order valence-corrected chi connectivity index (χ2v) is 10.5. The van der Waals surface area contributed by atoms with Crippen molar-refractivity contribution < 1.29 is 13.2 Å². The molecule has 3 saturated heterocycles. The number of carbonyl (C=O) groups is 1. The number of nitrogens with zero attached hydrogens (tertiary/aromatic N) is 3. The minimum Gasteiger partial charge on any atom is -0.335 e. The third kappa shape index (κ3) is 4.51. The Labute approximate surface area is 158 Å². The molecule has 0 aromatic carbocycles. The minimum absolute atomic E-state index is 0.0324. The summed E-state index contributed by atoms with van der Waals surface area (Å²) in [5.74, 6) is 0.217. The highest BCUT2D eigenvalue weighted by molar-refractivity contribution is 7.89. The van der Waals surface area contributed by atoms with E-state index in [0.29, 0.717) is 32.4 Å². The molecule has 0 saturated carbocycles. The maximum Gasteiger partial charge on any atom is 0.317 e. The van der Waals surface area contributed by atoms with Gasteiger partial charge in [-0.2, -0.15) is 0 Å². The number of nitrogens with one attached hydrogen (secondary N) is 1. The third-order valence-corrected chi connectivity index (χ3v) is 8.29. The van der Waals surface area contributed by atoms with Crippen LogP contribution in [0.2, 0.25) is 0 Å². The summed E-state index contributed by atoms with van der Waals surface area (Å²) < 4.78 is 25.9. The first kappa shape index (κ1) is 19.9. The average Bonchev–Trinajstić information content (AvgIpc) is 2.98.